The van der Waals surface area contributed by atoms with Gasteiger partial charge in [-0.15, -0.1) is 0 Å². The number of halogens is 1. The van der Waals surface area contributed by atoms with Gasteiger partial charge in [0.25, 0.3) is 10.2 Å². The van der Waals surface area contributed by atoms with E-state index in [2.05, 4.69) is 4.74 Å². The van der Waals surface area contributed by atoms with Crippen LogP contribution in [0.25, 0.3) is 0 Å². The lowest BCUT2D eigenvalue weighted by Crippen LogP contribution is -2.46. The Balaban J connectivity index is 2.23. The van der Waals surface area contributed by atoms with E-state index in [1.807, 2.05) is 0 Å². The topological polar surface area (TPSA) is 76.1 Å². The second-order valence-corrected chi connectivity index (χ2v) is 7.40. The molecule has 9 heteroatoms. The Morgan fingerprint density at radius 1 is 1.35 bits per heavy atom. The van der Waals surface area contributed by atoms with Crippen LogP contribution >= 0.6 is 0 Å². The van der Waals surface area contributed by atoms with Gasteiger partial charge in [-0.25, -0.2) is 4.39 Å². The second-order valence-electron chi connectivity index (χ2n) is 5.30. The lowest BCUT2D eigenvalue weighted by atomic mass is 10.2. The second kappa shape index (κ2) is 6.81. The highest BCUT2D eigenvalue weighted by Crippen LogP contribution is 2.28. The number of hydrogen-bond donors (Lipinski definition) is 0. The van der Waals surface area contributed by atoms with Crippen molar-refractivity contribution in [3.63, 3.8) is 0 Å². The molecule has 128 valence electrons. The number of rotatable bonds is 5. The molecule has 1 saturated heterocycles. The van der Waals surface area contributed by atoms with Gasteiger partial charge >= 0.3 is 5.97 Å². The van der Waals surface area contributed by atoms with Gasteiger partial charge in [0.2, 0.25) is 0 Å². The molecular formula is C14H19FN2O5S. The molecule has 1 aromatic carbocycles. The first-order chi connectivity index (χ1) is 10.8. The van der Waals surface area contributed by atoms with Crippen molar-refractivity contribution in [3.05, 3.63) is 30.1 Å². The zero-order valence-electron chi connectivity index (χ0n) is 13.1. The minimum atomic E-state index is -3.82. The maximum atomic E-state index is 13.7. The molecule has 0 bridgehead atoms. The van der Waals surface area contributed by atoms with E-state index in [4.69, 9.17) is 4.74 Å². The molecule has 0 unspecified atom stereocenters. The number of carbonyl (C=O) groups excluding carboxylic acids is 1. The van der Waals surface area contributed by atoms with Crippen LogP contribution in [0.1, 0.15) is 6.42 Å². The molecule has 0 radical (unpaired) electrons. The third-order valence-corrected chi connectivity index (χ3v) is 5.50. The van der Waals surface area contributed by atoms with Gasteiger partial charge in [-0.3, -0.25) is 4.79 Å². The Morgan fingerprint density at radius 3 is 2.57 bits per heavy atom. The van der Waals surface area contributed by atoms with Gasteiger partial charge in [0.1, 0.15) is 12.1 Å². The summed E-state index contributed by atoms with van der Waals surface area (Å²) in [6, 6.07) is 4.84. The molecule has 1 heterocycles. The number of benzene rings is 1. The molecule has 0 amide bonds. The number of nitrogens with zero attached hydrogens (tertiary/aromatic N) is 2. The van der Waals surface area contributed by atoms with Gasteiger partial charge in [-0.2, -0.15) is 17.0 Å². The maximum absolute atomic E-state index is 13.7. The largest absolute Gasteiger partial charge is 0.486 e. The molecule has 0 aromatic heterocycles. The monoisotopic (exact) mass is 346 g/mol. The van der Waals surface area contributed by atoms with Crippen LogP contribution < -0.4 is 4.74 Å². The number of carbonyl (C=O) groups is 1. The van der Waals surface area contributed by atoms with E-state index < -0.39 is 34.1 Å². The number of para-hydroxylation sites is 1. The molecule has 0 spiro atoms. The van der Waals surface area contributed by atoms with E-state index >= 15 is 0 Å². The SMILES string of the molecule is COC(=O)[C@H]1C[C@@H](Oc2ccccc2F)CN1S(=O)(=O)N(C)C. The molecule has 0 saturated carbocycles. The van der Waals surface area contributed by atoms with Gasteiger partial charge in [-0.05, 0) is 12.1 Å². The van der Waals surface area contributed by atoms with Crippen LogP contribution in [0, 0.1) is 5.82 Å². The van der Waals surface area contributed by atoms with Gasteiger partial charge < -0.3 is 9.47 Å². The quantitative estimate of drug-likeness (QED) is 0.731. The summed E-state index contributed by atoms with van der Waals surface area (Å²) in [4.78, 5) is 11.9. The van der Waals surface area contributed by atoms with E-state index in [1.165, 1.54) is 39.4 Å². The van der Waals surface area contributed by atoms with Crippen molar-refractivity contribution < 1.29 is 27.1 Å². The van der Waals surface area contributed by atoms with Gasteiger partial charge in [-0.1, -0.05) is 12.1 Å². The highest BCUT2D eigenvalue weighted by Gasteiger charge is 2.46. The number of ether oxygens (including phenoxy) is 2. The third-order valence-electron chi connectivity index (χ3n) is 3.58. The highest BCUT2D eigenvalue weighted by molar-refractivity contribution is 7.86. The standard InChI is InChI=1S/C14H19FN2O5S/c1-16(2)23(19,20)17-9-10(8-12(17)14(18)21-3)22-13-7-5-4-6-11(13)15/h4-7,10,12H,8-9H2,1-3H3/t10-,12-/m1/s1. The average Bonchev–Trinajstić information content (AvgIpc) is 2.93. The minimum Gasteiger partial charge on any atom is -0.486 e. The van der Waals surface area contributed by atoms with E-state index in [1.54, 1.807) is 6.07 Å². The van der Waals surface area contributed by atoms with Crippen molar-refractivity contribution >= 4 is 16.2 Å². The summed E-state index contributed by atoms with van der Waals surface area (Å²) >= 11 is 0. The van der Waals surface area contributed by atoms with Crippen molar-refractivity contribution in [1.82, 2.24) is 8.61 Å². The van der Waals surface area contributed by atoms with E-state index in [0.717, 1.165) is 8.61 Å². The van der Waals surface area contributed by atoms with Crippen LogP contribution in [0.5, 0.6) is 5.75 Å². The molecule has 1 fully saturated rings. The summed E-state index contributed by atoms with van der Waals surface area (Å²) < 4.78 is 50.6. The molecule has 1 aliphatic rings. The molecule has 0 N–H and O–H groups in total. The van der Waals surface area contributed by atoms with Crippen molar-refractivity contribution in [2.24, 2.45) is 0 Å². The van der Waals surface area contributed by atoms with Crippen molar-refractivity contribution in [1.29, 1.82) is 0 Å². The molecule has 1 aromatic rings. The van der Waals surface area contributed by atoms with Crippen LogP contribution in [0.3, 0.4) is 0 Å². The molecule has 7 nitrogen and oxygen atoms in total. The van der Waals surface area contributed by atoms with Crippen LogP contribution in [-0.4, -0.2) is 62.9 Å². The Bertz CT molecular complexity index is 680. The summed E-state index contributed by atoms with van der Waals surface area (Å²) in [6.07, 6.45) is -0.556. The van der Waals surface area contributed by atoms with Gasteiger partial charge in [0, 0.05) is 20.5 Å². The zero-order chi connectivity index (χ0) is 17.2. The molecule has 2 atom stereocenters. The van der Waals surface area contributed by atoms with Gasteiger partial charge in [0.05, 0.1) is 13.7 Å². The zero-order valence-corrected chi connectivity index (χ0v) is 13.9. The first kappa shape index (κ1) is 17.6. The van der Waals surface area contributed by atoms with Crippen LogP contribution in [0.15, 0.2) is 24.3 Å². The normalized spacial score (nSPS) is 22.3. The first-order valence-electron chi connectivity index (χ1n) is 6.95. The molecular weight excluding hydrogens is 327 g/mol. The summed E-state index contributed by atoms with van der Waals surface area (Å²) in [5.41, 5.74) is 0. The smallest absolute Gasteiger partial charge is 0.324 e. The minimum absolute atomic E-state index is 0.0187. The Morgan fingerprint density at radius 2 is 2.00 bits per heavy atom. The number of esters is 1. The summed E-state index contributed by atoms with van der Waals surface area (Å²) in [5.74, 6) is -1.20. The third kappa shape index (κ3) is 3.62. The van der Waals surface area contributed by atoms with Crippen LogP contribution in [0.2, 0.25) is 0 Å². The van der Waals surface area contributed by atoms with Gasteiger partial charge in [0.15, 0.2) is 11.6 Å². The number of hydrogen-bond acceptors (Lipinski definition) is 5. The summed E-state index contributed by atoms with van der Waals surface area (Å²) in [7, 11) is 0.104. The van der Waals surface area contributed by atoms with E-state index in [0.29, 0.717) is 0 Å². The first-order valence-corrected chi connectivity index (χ1v) is 8.35. The molecule has 2 rings (SSSR count). The lowest BCUT2D eigenvalue weighted by Gasteiger charge is -2.24. The highest BCUT2D eigenvalue weighted by atomic mass is 32.2. The van der Waals surface area contributed by atoms with Crippen LogP contribution in [0.4, 0.5) is 4.39 Å². The Kier molecular flexibility index (Phi) is 5.23. The Labute approximate surface area is 134 Å². The molecule has 0 aliphatic carbocycles. The number of methoxy groups -OCH3 is 1. The molecule has 23 heavy (non-hydrogen) atoms. The Hall–Kier alpha value is -1.71. The molecule has 1 aliphatic heterocycles. The summed E-state index contributed by atoms with van der Waals surface area (Å²) in [5, 5.41) is 0. The summed E-state index contributed by atoms with van der Waals surface area (Å²) in [6.45, 7) is -0.0609. The van der Waals surface area contributed by atoms with E-state index in [9.17, 15) is 17.6 Å². The fraction of sp³-hybridized carbons (Fsp3) is 0.500. The fourth-order valence-electron chi connectivity index (χ4n) is 2.39. The maximum Gasteiger partial charge on any atom is 0.324 e. The fourth-order valence-corrected chi connectivity index (χ4v) is 3.66. The lowest BCUT2D eigenvalue weighted by molar-refractivity contribution is -0.144. The average molecular weight is 346 g/mol. The van der Waals surface area contributed by atoms with E-state index in [-0.39, 0.29) is 18.7 Å². The predicted molar refractivity (Wildman–Crippen MR) is 80.5 cm³/mol. The van der Waals surface area contributed by atoms with Crippen LogP contribution in [-0.2, 0) is 19.7 Å². The predicted octanol–water partition coefficient (Wildman–Crippen LogP) is 0.627. The van der Waals surface area contributed by atoms with Crippen molar-refractivity contribution in [2.45, 2.75) is 18.6 Å². The van der Waals surface area contributed by atoms with Crippen molar-refractivity contribution in [3.8, 4) is 5.75 Å². The van der Waals surface area contributed by atoms with Crippen molar-refractivity contribution in [2.75, 3.05) is 27.7 Å².